The number of rotatable bonds is 6. The average Bonchev–Trinajstić information content (AvgIpc) is 2.48. The van der Waals surface area contributed by atoms with Crippen LogP contribution in [-0.2, 0) is 11.3 Å². The molecule has 0 saturated carbocycles. The molecule has 0 heterocycles. The Bertz CT molecular complexity index is 716. The van der Waals surface area contributed by atoms with Gasteiger partial charge in [0, 0.05) is 35.4 Å². The number of hydrogen-bond donors (Lipinski definition) is 2. The summed E-state index contributed by atoms with van der Waals surface area (Å²) in [5.41, 5.74) is 2.55. The van der Waals surface area contributed by atoms with E-state index in [0.29, 0.717) is 22.3 Å². The van der Waals surface area contributed by atoms with Crippen molar-refractivity contribution in [2.75, 3.05) is 10.6 Å². The van der Waals surface area contributed by atoms with Gasteiger partial charge in [0.15, 0.2) is 0 Å². The van der Waals surface area contributed by atoms with Crippen LogP contribution in [0.15, 0.2) is 36.4 Å². The number of halogens is 2. The monoisotopic (exact) mass is 366 g/mol. The smallest absolute Gasteiger partial charge is 0.221 e. The summed E-state index contributed by atoms with van der Waals surface area (Å²) in [6.45, 7) is 5.89. The quantitative estimate of drug-likeness (QED) is 0.724. The van der Waals surface area contributed by atoms with Gasteiger partial charge in [0.05, 0.1) is 11.1 Å². The Labute approximate surface area is 152 Å². The van der Waals surface area contributed by atoms with Gasteiger partial charge in [-0.15, -0.1) is 0 Å². The van der Waals surface area contributed by atoms with Crippen molar-refractivity contribution in [3.63, 3.8) is 0 Å². The number of carbonyl (C=O) groups is 1. The van der Waals surface area contributed by atoms with E-state index in [0.717, 1.165) is 16.9 Å². The summed E-state index contributed by atoms with van der Waals surface area (Å²) < 4.78 is 5.80. The molecule has 0 bridgehead atoms. The molecule has 0 atom stereocenters. The minimum atomic E-state index is -0.0974. The van der Waals surface area contributed by atoms with Crippen LogP contribution >= 0.6 is 23.2 Å². The van der Waals surface area contributed by atoms with Crippen LogP contribution in [0.1, 0.15) is 26.3 Å². The predicted molar refractivity (Wildman–Crippen MR) is 100 cm³/mol. The van der Waals surface area contributed by atoms with Crippen molar-refractivity contribution in [2.24, 2.45) is 0 Å². The highest BCUT2D eigenvalue weighted by molar-refractivity contribution is 6.35. The molecule has 0 aliphatic rings. The Morgan fingerprint density at radius 1 is 1.12 bits per heavy atom. The summed E-state index contributed by atoms with van der Waals surface area (Å²) in [4.78, 5) is 11.0. The van der Waals surface area contributed by atoms with Gasteiger partial charge in [-0.25, -0.2) is 0 Å². The molecule has 2 aromatic rings. The SMILES string of the molecule is CC(=O)Nc1ccc(NCc2cc(Cl)cc(Cl)c2OC(C)C)cc1. The maximum absolute atomic E-state index is 11.0. The fraction of sp³-hybridized carbons (Fsp3) is 0.278. The highest BCUT2D eigenvalue weighted by Gasteiger charge is 2.12. The fourth-order valence-corrected chi connectivity index (χ4v) is 2.76. The highest BCUT2D eigenvalue weighted by atomic mass is 35.5. The molecule has 0 spiro atoms. The summed E-state index contributed by atoms with van der Waals surface area (Å²) in [5, 5.41) is 7.09. The second-order valence-corrected chi connectivity index (χ2v) is 6.50. The van der Waals surface area contributed by atoms with Crippen molar-refractivity contribution in [3.8, 4) is 5.75 Å². The number of amides is 1. The first kappa shape index (κ1) is 18.4. The molecule has 6 heteroatoms. The maximum atomic E-state index is 11.0. The van der Waals surface area contributed by atoms with Crippen LogP contribution in [0.4, 0.5) is 11.4 Å². The molecule has 0 aliphatic carbocycles. The molecule has 128 valence electrons. The minimum absolute atomic E-state index is 0.0133. The van der Waals surface area contributed by atoms with Crippen LogP contribution in [0.25, 0.3) is 0 Å². The van der Waals surface area contributed by atoms with Gasteiger partial charge >= 0.3 is 0 Å². The third-order valence-electron chi connectivity index (χ3n) is 3.13. The molecule has 2 aromatic carbocycles. The number of carbonyl (C=O) groups excluding carboxylic acids is 1. The van der Waals surface area contributed by atoms with E-state index < -0.39 is 0 Å². The molecule has 0 radical (unpaired) electrons. The van der Waals surface area contributed by atoms with E-state index in [1.54, 1.807) is 6.07 Å². The van der Waals surface area contributed by atoms with Gasteiger partial charge in [-0.05, 0) is 50.2 Å². The molecule has 1 amide bonds. The lowest BCUT2D eigenvalue weighted by Gasteiger charge is -2.17. The standard InChI is InChI=1S/C18H20Cl2N2O2/c1-11(2)24-18-13(8-14(19)9-17(18)20)10-21-15-4-6-16(7-5-15)22-12(3)23/h4-9,11,21H,10H2,1-3H3,(H,22,23). The van der Waals surface area contributed by atoms with E-state index in [1.165, 1.54) is 6.92 Å². The van der Waals surface area contributed by atoms with Crippen molar-refractivity contribution >= 4 is 40.5 Å². The first-order chi connectivity index (χ1) is 11.3. The summed E-state index contributed by atoms with van der Waals surface area (Å²) in [7, 11) is 0. The lowest BCUT2D eigenvalue weighted by Crippen LogP contribution is -2.10. The van der Waals surface area contributed by atoms with Crippen LogP contribution < -0.4 is 15.4 Å². The van der Waals surface area contributed by atoms with Crippen LogP contribution in [0, 0.1) is 0 Å². The van der Waals surface area contributed by atoms with Gasteiger partial charge in [-0.2, -0.15) is 0 Å². The number of anilines is 2. The zero-order valence-corrected chi connectivity index (χ0v) is 15.3. The van der Waals surface area contributed by atoms with E-state index in [-0.39, 0.29) is 12.0 Å². The Morgan fingerprint density at radius 3 is 2.33 bits per heavy atom. The third-order valence-corrected chi connectivity index (χ3v) is 3.63. The predicted octanol–water partition coefficient (Wildman–Crippen LogP) is 5.35. The molecule has 0 unspecified atom stereocenters. The molecule has 2 N–H and O–H groups in total. The Balaban J connectivity index is 2.12. The van der Waals surface area contributed by atoms with E-state index in [1.807, 2.05) is 44.2 Å². The Morgan fingerprint density at radius 2 is 1.75 bits per heavy atom. The summed E-state index contributed by atoms with van der Waals surface area (Å²) in [6, 6.07) is 11.0. The van der Waals surface area contributed by atoms with Gasteiger partial charge in [0.2, 0.25) is 5.91 Å². The first-order valence-electron chi connectivity index (χ1n) is 7.61. The van der Waals surface area contributed by atoms with Crippen molar-refractivity contribution in [1.82, 2.24) is 0 Å². The number of nitrogens with one attached hydrogen (secondary N) is 2. The Hall–Kier alpha value is -1.91. The molecular formula is C18H20Cl2N2O2. The number of ether oxygens (including phenoxy) is 1. The third kappa shape index (κ3) is 5.32. The van der Waals surface area contributed by atoms with Crippen LogP contribution in [0.3, 0.4) is 0 Å². The molecule has 24 heavy (non-hydrogen) atoms. The van der Waals surface area contributed by atoms with Gasteiger partial charge in [0.25, 0.3) is 0 Å². The van der Waals surface area contributed by atoms with Crippen molar-refractivity contribution < 1.29 is 9.53 Å². The largest absolute Gasteiger partial charge is 0.489 e. The van der Waals surface area contributed by atoms with Crippen molar-refractivity contribution in [3.05, 3.63) is 52.0 Å². The Kier molecular flexibility index (Phi) is 6.35. The molecule has 0 fully saturated rings. The molecular weight excluding hydrogens is 347 g/mol. The normalized spacial score (nSPS) is 10.6. The zero-order valence-electron chi connectivity index (χ0n) is 13.8. The van der Waals surface area contributed by atoms with Gasteiger partial charge in [-0.1, -0.05) is 23.2 Å². The minimum Gasteiger partial charge on any atom is -0.489 e. The number of benzene rings is 2. The molecule has 4 nitrogen and oxygen atoms in total. The summed E-state index contributed by atoms with van der Waals surface area (Å²) in [6.07, 6.45) is 0.0133. The lowest BCUT2D eigenvalue weighted by atomic mass is 10.2. The van der Waals surface area contributed by atoms with E-state index in [4.69, 9.17) is 27.9 Å². The van der Waals surface area contributed by atoms with Gasteiger partial charge in [-0.3, -0.25) is 4.79 Å². The first-order valence-corrected chi connectivity index (χ1v) is 8.37. The zero-order chi connectivity index (χ0) is 17.7. The van der Waals surface area contributed by atoms with E-state index in [9.17, 15) is 4.79 Å². The van der Waals surface area contributed by atoms with E-state index >= 15 is 0 Å². The van der Waals surface area contributed by atoms with E-state index in [2.05, 4.69) is 10.6 Å². The molecule has 2 rings (SSSR count). The van der Waals surface area contributed by atoms with Gasteiger partial charge < -0.3 is 15.4 Å². The van der Waals surface area contributed by atoms with Crippen LogP contribution in [-0.4, -0.2) is 12.0 Å². The van der Waals surface area contributed by atoms with Crippen molar-refractivity contribution in [1.29, 1.82) is 0 Å². The average molecular weight is 367 g/mol. The van der Waals surface area contributed by atoms with Crippen LogP contribution in [0.5, 0.6) is 5.75 Å². The van der Waals surface area contributed by atoms with Crippen molar-refractivity contribution in [2.45, 2.75) is 33.4 Å². The second-order valence-electron chi connectivity index (χ2n) is 5.65. The maximum Gasteiger partial charge on any atom is 0.221 e. The molecule has 0 aromatic heterocycles. The second kappa shape index (κ2) is 8.27. The lowest BCUT2D eigenvalue weighted by molar-refractivity contribution is -0.114. The van der Waals surface area contributed by atoms with Gasteiger partial charge in [0.1, 0.15) is 5.75 Å². The topological polar surface area (TPSA) is 50.4 Å². The highest BCUT2D eigenvalue weighted by Crippen LogP contribution is 2.33. The fourth-order valence-electron chi connectivity index (χ4n) is 2.18. The number of hydrogen-bond acceptors (Lipinski definition) is 3. The summed E-state index contributed by atoms with van der Waals surface area (Å²) >= 11 is 12.4. The van der Waals surface area contributed by atoms with Crippen LogP contribution in [0.2, 0.25) is 10.0 Å². The molecule has 0 saturated heterocycles. The summed E-state index contributed by atoms with van der Waals surface area (Å²) in [5.74, 6) is 0.540. The molecule has 0 aliphatic heterocycles.